The molecule has 2 fully saturated rings. The molecular weight excluding hydrogens is 212 g/mol. The summed E-state index contributed by atoms with van der Waals surface area (Å²) < 4.78 is 0. The molecular formula is C14H26N2O. The van der Waals surface area contributed by atoms with Crippen molar-refractivity contribution in [3.05, 3.63) is 0 Å². The monoisotopic (exact) mass is 238 g/mol. The summed E-state index contributed by atoms with van der Waals surface area (Å²) in [6, 6.07) is 0. The van der Waals surface area contributed by atoms with E-state index >= 15 is 0 Å². The maximum absolute atomic E-state index is 12.6. The number of nitrogens with zero attached hydrogens (tertiary/aromatic N) is 1. The average molecular weight is 238 g/mol. The highest BCUT2D eigenvalue weighted by Gasteiger charge is 2.40. The summed E-state index contributed by atoms with van der Waals surface area (Å²) in [6.45, 7) is 10.5. The Labute approximate surface area is 105 Å². The highest BCUT2D eigenvalue weighted by atomic mass is 16.2. The van der Waals surface area contributed by atoms with Gasteiger partial charge in [0.2, 0.25) is 5.91 Å². The molecule has 1 atom stereocenters. The molecule has 0 saturated carbocycles. The minimum atomic E-state index is -0.161. The number of carbonyl (C=O) groups is 1. The number of rotatable bonds is 1. The van der Waals surface area contributed by atoms with Crippen LogP contribution in [0.5, 0.6) is 0 Å². The van der Waals surface area contributed by atoms with Gasteiger partial charge in [0.05, 0.1) is 5.41 Å². The van der Waals surface area contributed by atoms with Crippen LogP contribution in [0.4, 0.5) is 0 Å². The molecule has 2 aliphatic heterocycles. The molecule has 1 unspecified atom stereocenters. The summed E-state index contributed by atoms with van der Waals surface area (Å²) in [5.74, 6) is 0.373. The molecule has 0 aromatic carbocycles. The van der Waals surface area contributed by atoms with E-state index in [0.717, 1.165) is 45.4 Å². The molecule has 0 aromatic rings. The van der Waals surface area contributed by atoms with Crippen LogP contribution in [0.25, 0.3) is 0 Å². The van der Waals surface area contributed by atoms with Crippen LogP contribution in [0.3, 0.4) is 0 Å². The SMILES string of the molecule is CC1(C)CCCN(C(=O)C2(C)CCCNC2)C1. The maximum atomic E-state index is 12.6. The Morgan fingerprint density at radius 3 is 2.53 bits per heavy atom. The third-order valence-corrected chi connectivity index (χ3v) is 4.30. The molecule has 2 aliphatic rings. The zero-order valence-electron chi connectivity index (χ0n) is 11.5. The van der Waals surface area contributed by atoms with Crippen LogP contribution < -0.4 is 5.32 Å². The predicted octanol–water partition coefficient (Wildman–Crippen LogP) is 2.02. The first-order valence-electron chi connectivity index (χ1n) is 6.93. The van der Waals surface area contributed by atoms with Gasteiger partial charge in [-0.15, -0.1) is 0 Å². The van der Waals surface area contributed by atoms with Crippen LogP contribution in [0.1, 0.15) is 46.5 Å². The van der Waals surface area contributed by atoms with E-state index in [1.54, 1.807) is 0 Å². The van der Waals surface area contributed by atoms with Crippen LogP contribution >= 0.6 is 0 Å². The number of likely N-dealkylation sites (tertiary alicyclic amines) is 1. The Balaban J connectivity index is 2.03. The minimum absolute atomic E-state index is 0.161. The van der Waals surface area contributed by atoms with Crippen molar-refractivity contribution in [3.63, 3.8) is 0 Å². The summed E-state index contributed by atoms with van der Waals surface area (Å²) in [7, 11) is 0. The van der Waals surface area contributed by atoms with Crippen LogP contribution in [-0.2, 0) is 4.79 Å². The lowest BCUT2D eigenvalue weighted by Crippen LogP contribution is -2.53. The Morgan fingerprint density at radius 2 is 1.94 bits per heavy atom. The largest absolute Gasteiger partial charge is 0.342 e. The van der Waals surface area contributed by atoms with Gasteiger partial charge in [-0.05, 0) is 44.6 Å². The molecule has 3 nitrogen and oxygen atoms in total. The Bertz CT molecular complexity index is 293. The Morgan fingerprint density at radius 1 is 1.18 bits per heavy atom. The van der Waals surface area contributed by atoms with E-state index in [0.29, 0.717) is 11.3 Å². The van der Waals surface area contributed by atoms with Crippen molar-refractivity contribution >= 4 is 5.91 Å². The van der Waals surface area contributed by atoms with Gasteiger partial charge in [0, 0.05) is 19.6 Å². The number of hydrogen-bond acceptors (Lipinski definition) is 2. The quantitative estimate of drug-likeness (QED) is 0.758. The smallest absolute Gasteiger partial charge is 0.229 e. The molecule has 2 rings (SSSR count). The van der Waals surface area contributed by atoms with Crippen LogP contribution in [0.15, 0.2) is 0 Å². The van der Waals surface area contributed by atoms with Gasteiger partial charge in [0.25, 0.3) is 0 Å². The number of hydrogen-bond donors (Lipinski definition) is 1. The lowest BCUT2D eigenvalue weighted by atomic mass is 9.78. The van der Waals surface area contributed by atoms with Gasteiger partial charge < -0.3 is 10.2 Å². The molecule has 1 amide bonds. The molecule has 3 heteroatoms. The van der Waals surface area contributed by atoms with Crippen molar-refractivity contribution in [2.24, 2.45) is 10.8 Å². The zero-order valence-corrected chi connectivity index (χ0v) is 11.5. The number of piperidine rings is 2. The first-order chi connectivity index (χ1) is 7.93. The van der Waals surface area contributed by atoms with Gasteiger partial charge in [0.1, 0.15) is 0 Å². The summed E-state index contributed by atoms with van der Waals surface area (Å²) in [4.78, 5) is 14.8. The summed E-state index contributed by atoms with van der Waals surface area (Å²) in [5, 5.41) is 3.37. The zero-order chi connectivity index (χ0) is 12.5. The molecule has 2 heterocycles. The second-order valence-electron chi connectivity index (χ2n) is 6.84. The summed E-state index contributed by atoms with van der Waals surface area (Å²) in [6.07, 6.45) is 4.56. The summed E-state index contributed by atoms with van der Waals surface area (Å²) in [5.41, 5.74) is 0.137. The highest BCUT2D eigenvalue weighted by Crippen LogP contribution is 2.33. The number of carbonyl (C=O) groups excluding carboxylic acids is 1. The standard InChI is InChI=1S/C14H26N2O/c1-13(2)6-5-9-16(11-13)12(17)14(3)7-4-8-15-10-14/h15H,4-11H2,1-3H3. The second-order valence-corrected chi connectivity index (χ2v) is 6.84. The third kappa shape index (κ3) is 2.82. The van der Waals surface area contributed by atoms with Gasteiger partial charge in [0.15, 0.2) is 0 Å². The van der Waals surface area contributed by atoms with Crippen molar-refractivity contribution < 1.29 is 4.79 Å². The van der Waals surface area contributed by atoms with Crippen molar-refractivity contribution in [2.75, 3.05) is 26.2 Å². The number of amides is 1. The molecule has 0 spiro atoms. The fourth-order valence-electron chi connectivity index (χ4n) is 3.22. The van der Waals surface area contributed by atoms with Crippen LogP contribution in [0.2, 0.25) is 0 Å². The number of nitrogens with one attached hydrogen (secondary N) is 1. The van der Waals surface area contributed by atoms with Gasteiger partial charge in [-0.3, -0.25) is 4.79 Å². The second kappa shape index (κ2) is 4.60. The van der Waals surface area contributed by atoms with E-state index in [4.69, 9.17) is 0 Å². The topological polar surface area (TPSA) is 32.3 Å². The van der Waals surface area contributed by atoms with Crippen molar-refractivity contribution in [1.29, 1.82) is 0 Å². The van der Waals surface area contributed by atoms with E-state index in [2.05, 4.69) is 31.0 Å². The van der Waals surface area contributed by atoms with E-state index in [1.807, 2.05) is 0 Å². The fourth-order valence-corrected chi connectivity index (χ4v) is 3.22. The molecule has 0 radical (unpaired) electrons. The van der Waals surface area contributed by atoms with Crippen LogP contribution in [0, 0.1) is 10.8 Å². The van der Waals surface area contributed by atoms with Gasteiger partial charge >= 0.3 is 0 Å². The third-order valence-electron chi connectivity index (χ3n) is 4.30. The molecule has 1 N–H and O–H groups in total. The van der Waals surface area contributed by atoms with Gasteiger partial charge in [-0.2, -0.15) is 0 Å². The van der Waals surface area contributed by atoms with Crippen molar-refractivity contribution in [1.82, 2.24) is 10.2 Å². The van der Waals surface area contributed by atoms with Crippen molar-refractivity contribution in [3.8, 4) is 0 Å². The van der Waals surface area contributed by atoms with Gasteiger partial charge in [-0.1, -0.05) is 13.8 Å². The van der Waals surface area contributed by atoms with Crippen molar-refractivity contribution in [2.45, 2.75) is 46.5 Å². The summed E-state index contributed by atoms with van der Waals surface area (Å²) >= 11 is 0. The average Bonchev–Trinajstić information content (AvgIpc) is 2.27. The van der Waals surface area contributed by atoms with E-state index in [-0.39, 0.29) is 5.41 Å². The molecule has 2 saturated heterocycles. The first kappa shape index (κ1) is 12.9. The lowest BCUT2D eigenvalue weighted by molar-refractivity contribution is -0.145. The Kier molecular flexibility index (Phi) is 3.48. The predicted molar refractivity (Wildman–Crippen MR) is 69.8 cm³/mol. The van der Waals surface area contributed by atoms with E-state index in [9.17, 15) is 4.79 Å². The minimum Gasteiger partial charge on any atom is -0.342 e. The fraction of sp³-hybridized carbons (Fsp3) is 0.929. The van der Waals surface area contributed by atoms with E-state index in [1.165, 1.54) is 6.42 Å². The normalized spacial score (nSPS) is 33.5. The lowest BCUT2D eigenvalue weighted by Gasteiger charge is -2.43. The Hall–Kier alpha value is -0.570. The highest BCUT2D eigenvalue weighted by molar-refractivity contribution is 5.83. The van der Waals surface area contributed by atoms with E-state index < -0.39 is 0 Å². The first-order valence-corrected chi connectivity index (χ1v) is 6.93. The molecule has 0 bridgehead atoms. The molecule has 0 aromatic heterocycles. The molecule has 98 valence electrons. The maximum Gasteiger partial charge on any atom is 0.229 e. The molecule has 17 heavy (non-hydrogen) atoms. The molecule has 0 aliphatic carbocycles. The van der Waals surface area contributed by atoms with Gasteiger partial charge in [-0.25, -0.2) is 0 Å². The van der Waals surface area contributed by atoms with Crippen LogP contribution in [-0.4, -0.2) is 37.0 Å².